The Balaban J connectivity index is 1.95. The number of ether oxygens (including phenoxy) is 1. The summed E-state index contributed by atoms with van der Waals surface area (Å²) in [6, 6.07) is 12.5. The molecule has 0 fully saturated rings. The lowest BCUT2D eigenvalue weighted by atomic mass is 10.1. The lowest BCUT2D eigenvalue weighted by Crippen LogP contribution is -2.14. The maximum absolute atomic E-state index is 5.74. The van der Waals surface area contributed by atoms with E-state index in [1.54, 1.807) is 6.20 Å². The largest absolute Gasteiger partial charge is 0.487 e. The van der Waals surface area contributed by atoms with E-state index in [1.807, 2.05) is 31.3 Å². The minimum Gasteiger partial charge on any atom is -0.487 e. The van der Waals surface area contributed by atoms with Crippen molar-refractivity contribution in [3.8, 4) is 5.75 Å². The van der Waals surface area contributed by atoms with E-state index in [4.69, 9.17) is 4.74 Å². The van der Waals surface area contributed by atoms with Crippen LogP contribution in [-0.2, 0) is 6.61 Å². The molecule has 1 aromatic heterocycles. The predicted octanol–water partition coefficient (Wildman–Crippen LogP) is 4.09. The van der Waals surface area contributed by atoms with E-state index in [2.05, 4.69) is 45.3 Å². The molecule has 1 unspecified atom stereocenters. The highest BCUT2D eigenvalue weighted by atomic mass is 79.9. The average Bonchev–Trinajstić information content (AvgIpc) is 2.49. The summed E-state index contributed by atoms with van der Waals surface area (Å²) in [6.07, 6.45) is 2.85. The van der Waals surface area contributed by atoms with E-state index >= 15 is 0 Å². The zero-order chi connectivity index (χ0) is 14.4. The van der Waals surface area contributed by atoms with Crippen molar-refractivity contribution in [1.29, 1.82) is 0 Å². The van der Waals surface area contributed by atoms with Crippen LogP contribution < -0.4 is 10.1 Å². The van der Waals surface area contributed by atoms with Crippen LogP contribution >= 0.6 is 15.9 Å². The van der Waals surface area contributed by atoms with Crippen LogP contribution in [0, 0.1) is 0 Å². The topological polar surface area (TPSA) is 34.1 Å². The summed E-state index contributed by atoms with van der Waals surface area (Å²) < 4.78 is 6.71. The van der Waals surface area contributed by atoms with Crippen molar-refractivity contribution >= 4 is 15.9 Å². The quantitative estimate of drug-likeness (QED) is 0.863. The van der Waals surface area contributed by atoms with Gasteiger partial charge in [0.2, 0.25) is 0 Å². The summed E-state index contributed by atoms with van der Waals surface area (Å²) in [5.74, 6) is 0.865. The van der Waals surface area contributed by atoms with Crippen molar-refractivity contribution < 1.29 is 4.74 Å². The third-order valence-corrected chi connectivity index (χ3v) is 3.68. The maximum atomic E-state index is 5.74. The number of halogens is 1. The monoisotopic (exact) mass is 334 g/mol. The average molecular weight is 335 g/mol. The van der Waals surface area contributed by atoms with Gasteiger partial charge in [-0.3, -0.25) is 4.98 Å². The van der Waals surface area contributed by atoms with Crippen LogP contribution in [0.5, 0.6) is 5.75 Å². The molecule has 3 nitrogen and oxygen atoms in total. The molecule has 0 aliphatic carbocycles. The molecule has 20 heavy (non-hydrogen) atoms. The van der Waals surface area contributed by atoms with Gasteiger partial charge in [0.1, 0.15) is 12.4 Å². The van der Waals surface area contributed by atoms with Crippen LogP contribution in [0.25, 0.3) is 0 Å². The Labute approximate surface area is 128 Å². The van der Waals surface area contributed by atoms with Gasteiger partial charge in [-0.25, -0.2) is 0 Å². The van der Waals surface area contributed by atoms with Gasteiger partial charge in [0.05, 0.1) is 5.69 Å². The molecule has 2 aromatic rings. The highest BCUT2D eigenvalue weighted by Gasteiger charge is 2.06. The van der Waals surface area contributed by atoms with Gasteiger partial charge in [-0.05, 0) is 59.2 Å². The third-order valence-electron chi connectivity index (χ3n) is 3.21. The van der Waals surface area contributed by atoms with Gasteiger partial charge < -0.3 is 10.1 Å². The number of pyridine rings is 1. The van der Waals surface area contributed by atoms with Crippen molar-refractivity contribution in [3.63, 3.8) is 0 Å². The van der Waals surface area contributed by atoms with E-state index in [9.17, 15) is 0 Å². The van der Waals surface area contributed by atoms with Crippen molar-refractivity contribution in [2.45, 2.75) is 26.0 Å². The minimum atomic E-state index is 0.400. The molecule has 1 aromatic carbocycles. The Morgan fingerprint density at radius 3 is 2.50 bits per heavy atom. The third kappa shape index (κ3) is 4.05. The van der Waals surface area contributed by atoms with Gasteiger partial charge in [-0.2, -0.15) is 0 Å². The van der Waals surface area contributed by atoms with Crippen molar-refractivity contribution in [2.75, 3.05) is 7.05 Å². The predicted molar refractivity (Wildman–Crippen MR) is 84.8 cm³/mol. The zero-order valence-electron chi connectivity index (χ0n) is 11.8. The zero-order valence-corrected chi connectivity index (χ0v) is 13.4. The van der Waals surface area contributed by atoms with Gasteiger partial charge in [0, 0.05) is 16.7 Å². The highest BCUT2D eigenvalue weighted by molar-refractivity contribution is 9.10. The molecule has 1 N–H and O–H groups in total. The summed E-state index contributed by atoms with van der Waals surface area (Å²) in [6.45, 7) is 2.65. The Kier molecular flexibility index (Phi) is 5.56. The molecule has 4 heteroatoms. The molecule has 1 atom stereocenters. The van der Waals surface area contributed by atoms with E-state index in [-0.39, 0.29) is 0 Å². The molecule has 0 aliphatic rings. The number of aromatic nitrogens is 1. The fraction of sp³-hybridized carbons (Fsp3) is 0.312. The van der Waals surface area contributed by atoms with Gasteiger partial charge in [0.15, 0.2) is 0 Å². The second kappa shape index (κ2) is 7.41. The smallest absolute Gasteiger partial charge is 0.130 e. The van der Waals surface area contributed by atoms with E-state index in [0.29, 0.717) is 12.6 Å². The summed E-state index contributed by atoms with van der Waals surface area (Å²) in [4.78, 5) is 4.28. The SMILES string of the molecule is CCC(NC)c1ccc(OCc2ccc(Br)cn2)cc1. The molecule has 0 spiro atoms. The second-order valence-electron chi connectivity index (χ2n) is 4.57. The number of hydrogen-bond donors (Lipinski definition) is 1. The summed E-state index contributed by atoms with van der Waals surface area (Å²) in [5.41, 5.74) is 2.20. The summed E-state index contributed by atoms with van der Waals surface area (Å²) in [5, 5.41) is 3.30. The fourth-order valence-corrected chi connectivity index (χ4v) is 2.29. The Hall–Kier alpha value is -1.39. The first-order chi connectivity index (χ1) is 9.72. The van der Waals surface area contributed by atoms with E-state index < -0.39 is 0 Å². The van der Waals surface area contributed by atoms with Crippen molar-refractivity contribution in [3.05, 3.63) is 58.3 Å². The lowest BCUT2D eigenvalue weighted by molar-refractivity contribution is 0.301. The van der Waals surface area contributed by atoms with Crippen LogP contribution in [0.2, 0.25) is 0 Å². The lowest BCUT2D eigenvalue weighted by Gasteiger charge is -2.14. The number of nitrogens with zero attached hydrogens (tertiary/aromatic N) is 1. The van der Waals surface area contributed by atoms with Gasteiger partial charge >= 0.3 is 0 Å². The maximum Gasteiger partial charge on any atom is 0.130 e. The fourth-order valence-electron chi connectivity index (χ4n) is 2.05. The number of hydrogen-bond acceptors (Lipinski definition) is 3. The molecule has 0 radical (unpaired) electrons. The van der Waals surface area contributed by atoms with Crippen LogP contribution in [0.3, 0.4) is 0 Å². The molecule has 0 bridgehead atoms. The highest BCUT2D eigenvalue weighted by Crippen LogP contribution is 2.20. The number of benzene rings is 1. The summed E-state index contributed by atoms with van der Waals surface area (Å²) in [7, 11) is 1.98. The summed E-state index contributed by atoms with van der Waals surface area (Å²) >= 11 is 3.37. The first-order valence-corrected chi connectivity index (χ1v) is 7.52. The molecule has 1 heterocycles. The van der Waals surface area contributed by atoms with Gasteiger partial charge in [-0.1, -0.05) is 19.1 Å². The first-order valence-electron chi connectivity index (χ1n) is 6.73. The first kappa shape index (κ1) is 15.0. The van der Waals surface area contributed by atoms with Crippen LogP contribution in [0.1, 0.15) is 30.6 Å². The molecule has 106 valence electrons. The van der Waals surface area contributed by atoms with Crippen molar-refractivity contribution in [2.24, 2.45) is 0 Å². The Morgan fingerprint density at radius 1 is 1.20 bits per heavy atom. The van der Waals surface area contributed by atoms with Crippen molar-refractivity contribution in [1.82, 2.24) is 10.3 Å². The van der Waals surface area contributed by atoms with E-state index in [0.717, 1.165) is 22.3 Å². The van der Waals surface area contributed by atoms with Crippen LogP contribution in [-0.4, -0.2) is 12.0 Å². The van der Waals surface area contributed by atoms with Gasteiger partial charge in [0.25, 0.3) is 0 Å². The van der Waals surface area contributed by atoms with Crippen LogP contribution in [0.15, 0.2) is 47.1 Å². The molecule has 0 amide bonds. The Morgan fingerprint density at radius 2 is 1.95 bits per heavy atom. The van der Waals surface area contributed by atoms with Crippen LogP contribution in [0.4, 0.5) is 0 Å². The van der Waals surface area contributed by atoms with E-state index in [1.165, 1.54) is 5.56 Å². The minimum absolute atomic E-state index is 0.400. The molecule has 0 aliphatic heterocycles. The number of rotatable bonds is 6. The number of nitrogens with one attached hydrogen (secondary N) is 1. The molecular weight excluding hydrogens is 316 g/mol. The second-order valence-corrected chi connectivity index (χ2v) is 5.49. The normalized spacial score (nSPS) is 12.2. The molecule has 0 saturated heterocycles. The Bertz CT molecular complexity index is 521. The molecule has 2 rings (SSSR count). The molecular formula is C16H19BrN2O. The standard InChI is InChI=1S/C16H19BrN2O/c1-3-16(18-2)12-4-8-15(9-5-12)20-11-14-7-6-13(17)10-19-14/h4-10,16,18H,3,11H2,1-2H3. The van der Waals surface area contributed by atoms with Gasteiger partial charge in [-0.15, -0.1) is 0 Å². The molecule has 0 saturated carbocycles.